The van der Waals surface area contributed by atoms with Gasteiger partial charge < -0.3 is 14.5 Å². The van der Waals surface area contributed by atoms with Crippen LogP contribution in [0.25, 0.3) is 0 Å². The van der Waals surface area contributed by atoms with Crippen molar-refractivity contribution in [1.29, 1.82) is 0 Å². The Balaban J connectivity index is 1.77. The van der Waals surface area contributed by atoms with Gasteiger partial charge in [0.1, 0.15) is 5.75 Å². The number of carbonyl (C=O) groups is 2. The second-order valence-electron chi connectivity index (χ2n) is 6.22. The van der Waals surface area contributed by atoms with E-state index in [-0.39, 0.29) is 23.5 Å². The van der Waals surface area contributed by atoms with Crippen molar-refractivity contribution >= 4 is 35.3 Å². The molecule has 0 saturated carbocycles. The van der Waals surface area contributed by atoms with Crippen molar-refractivity contribution in [2.45, 2.75) is 38.1 Å². The van der Waals surface area contributed by atoms with Crippen LogP contribution < -0.4 is 15.4 Å². The molecule has 0 bridgehead atoms. The van der Waals surface area contributed by atoms with Crippen LogP contribution in [0.15, 0.2) is 33.9 Å². The highest BCUT2D eigenvalue weighted by Gasteiger charge is 2.16. The van der Waals surface area contributed by atoms with E-state index in [2.05, 4.69) is 20.8 Å². The first kappa shape index (κ1) is 20.1. The minimum Gasteiger partial charge on any atom is -0.482 e. The van der Waals surface area contributed by atoms with E-state index in [0.29, 0.717) is 10.8 Å². The number of ether oxygens (including phenoxy) is 1. The lowest BCUT2D eigenvalue weighted by molar-refractivity contribution is -0.117. The Kier molecular flexibility index (Phi) is 6.87. The zero-order chi connectivity index (χ0) is 19.2. The number of imide groups is 1. The van der Waals surface area contributed by atoms with Crippen molar-refractivity contribution in [2.24, 2.45) is 0 Å². The number of rotatable bonds is 6. The van der Waals surface area contributed by atoms with E-state index in [1.165, 1.54) is 0 Å². The van der Waals surface area contributed by atoms with E-state index < -0.39 is 17.5 Å². The van der Waals surface area contributed by atoms with Crippen LogP contribution in [0.3, 0.4) is 0 Å². The summed E-state index contributed by atoms with van der Waals surface area (Å²) in [5.74, 6) is 0.248. The minimum atomic E-state index is -0.553. The SMILES string of the molecule is CC(C)(C)NC(=O)NC(=O)CSc1nnc(COc2ccccc2Cl)o1. The number of hydrogen-bond donors (Lipinski definition) is 2. The van der Waals surface area contributed by atoms with Gasteiger partial charge in [-0.15, -0.1) is 10.2 Å². The maximum absolute atomic E-state index is 11.7. The maximum atomic E-state index is 11.7. The third-order valence-electron chi connectivity index (χ3n) is 2.70. The van der Waals surface area contributed by atoms with Gasteiger partial charge in [0.05, 0.1) is 10.8 Å². The summed E-state index contributed by atoms with van der Waals surface area (Å²) in [6, 6.07) is 6.47. The number of para-hydroxylation sites is 1. The van der Waals surface area contributed by atoms with E-state index in [4.69, 9.17) is 20.8 Å². The van der Waals surface area contributed by atoms with Gasteiger partial charge in [-0.2, -0.15) is 0 Å². The third-order valence-corrected chi connectivity index (χ3v) is 3.84. The molecule has 1 aromatic heterocycles. The molecular formula is C16H19ClN4O4S. The molecule has 0 unspecified atom stereocenters. The average Bonchev–Trinajstić information content (AvgIpc) is 2.98. The fourth-order valence-corrected chi connectivity index (χ4v) is 2.49. The van der Waals surface area contributed by atoms with Gasteiger partial charge in [0.25, 0.3) is 11.1 Å². The molecule has 1 aromatic carbocycles. The number of halogens is 1. The summed E-state index contributed by atoms with van der Waals surface area (Å²) >= 11 is 7.01. The molecule has 0 aliphatic rings. The van der Waals surface area contributed by atoms with E-state index in [9.17, 15) is 9.59 Å². The molecule has 2 rings (SSSR count). The Morgan fingerprint density at radius 2 is 2.00 bits per heavy atom. The number of nitrogens with zero attached hydrogens (tertiary/aromatic N) is 2. The van der Waals surface area contributed by atoms with Gasteiger partial charge in [-0.3, -0.25) is 10.1 Å². The quantitative estimate of drug-likeness (QED) is 0.720. The molecule has 0 radical (unpaired) electrons. The van der Waals surface area contributed by atoms with Crippen LogP contribution in [-0.2, 0) is 11.4 Å². The Bertz CT molecular complexity index is 776. The number of urea groups is 1. The minimum absolute atomic E-state index is 0.0371. The molecule has 26 heavy (non-hydrogen) atoms. The molecule has 2 N–H and O–H groups in total. The van der Waals surface area contributed by atoms with Gasteiger partial charge >= 0.3 is 6.03 Å². The molecule has 3 amide bonds. The molecular weight excluding hydrogens is 380 g/mol. The monoisotopic (exact) mass is 398 g/mol. The second kappa shape index (κ2) is 8.91. The van der Waals surface area contributed by atoms with E-state index in [1.54, 1.807) is 24.3 Å². The molecule has 0 aliphatic heterocycles. The summed E-state index contributed by atoms with van der Waals surface area (Å²) in [5, 5.41) is 13.2. The van der Waals surface area contributed by atoms with E-state index >= 15 is 0 Å². The lowest BCUT2D eigenvalue weighted by Gasteiger charge is -2.20. The molecule has 8 nitrogen and oxygen atoms in total. The molecule has 0 aliphatic carbocycles. The molecule has 10 heteroatoms. The molecule has 0 atom stereocenters. The van der Waals surface area contributed by atoms with E-state index in [0.717, 1.165) is 11.8 Å². The fraction of sp³-hybridized carbons (Fsp3) is 0.375. The second-order valence-corrected chi connectivity index (χ2v) is 7.56. The highest BCUT2D eigenvalue weighted by Crippen LogP contribution is 2.24. The predicted molar refractivity (Wildman–Crippen MR) is 97.2 cm³/mol. The van der Waals surface area contributed by atoms with Gasteiger partial charge in [0, 0.05) is 5.54 Å². The van der Waals surface area contributed by atoms with Gasteiger partial charge in [-0.25, -0.2) is 4.79 Å². The fourth-order valence-electron chi connectivity index (χ4n) is 1.72. The Morgan fingerprint density at radius 1 is 1.27 bits per heavy atom. The maximum Gasteiger partial charge on any atom is 0.321 e. The first-order valence-electron chi connectivity index (χ1n) is 7.67. The van der Waals surface area contributed by atoms with Crippen LogP contribution in [0.1, 0.15) is 26.7 Å². The number of nitrogens with one attached hydrogen (secondary N) is 2. The van der Waals surface area contributed by atoms with Crippen molar-refractivity contribution < 1.29 is 18.7 Å². The Hall–Kier alpha value is -2.26. The normalized spacial score (nSPS) is 11.1. The van der Waals surface area contributed by atoms with Gasteiger partial charge in [0.2, 0.25) is 5.91 Å². The molecule has 0 fully saturated rings. The molecule has 2 aromatic rings. The third kappa shape index (κ3) is 6.93. The first-order chi connectivity index (χ1) is 12.2. The summed E-state index contributed by atoms with van der Waals surface area (Å²) in [6.07, 6.45) is 0. The van der Waals surface area contributed by atoms with Crippen molar-refractivity contribution in [1.82, 2.24) is 20.8 Å². The first-order valence-corrected chi connectivity index (χ1v) is 9.04. The highest BCUT2D eigenvalue weighted by molar-refractivity contribution is 7.99. The lowest BCUT2D eigenvalue weighted by Crippen LogP contribution is -2.48. The van der Waals surface area contributed by atoms with E-state index in [1.807, 2.05) is 20.8 Å². The van der Waals surface area contributed by atoms with Crippen LogP contribution in [0.2, 0.25) is 5.02 Å². The number of benzene rings is 1. The van der Waals surface area contributed by atoms with Gasteiger partial charge in [-0.05, 0) is 32.9 Å². The number of hydrogen-bond acceptors (Lipinski definition) is 7. The Morgan fingerprint density at radius 3 is 2.69 bits per heavy atom. The zero-order valence-corrected chi connectivity index (χ0v) is 16.1. The van der Waals surface area contributed by atoms with Gasteiger partial charge in [-0.1, -0.05) is 35.5 Å². The van der Waals surface area contributed by atoms with Crippen LogP contribution in [0.5, 0.6) is 5.75 Å². The zero-order valence-electron chi connectivity index (χ0n) is 14.5. The summed E-state index contributed by atoms with van der Waals surface area (Å²) in [7, 11) is 0. The number of amides is 3. The molecule has 1 heterocycles. The van der Waals surface area contributed by atoms with Crippen molar-refractivity contribution in [3.63, 3.8) is 0 Å². The number of aromatic nitrogens is 2. The predicted octanol–water partition coefficient (Wildman–Crippen LogP) is 3.02. The van der Waals surface area contributed by atoms with Crippen molar-refractivity contribution in [2.75, 3.05) is 5.75 Å². The van der Waals surface area contributed by atoms with Crippen LogP contribution in [0, 0.1) is 0 Å². The molecule has 140 valence electrons. The number of thioether (sulfide) groups is 1. The van der Waals surface area contributed by atoms with Crippen LogP contribution in [-0.4, -0.2) is 33.4 Å². The molecule has 0 saturated heterocycles. The summed E-state index contributed by atoms with van der Waals surface area (Å²) in [5.41, 5.74) is -0.430. The lowest BCUT2D eigenvalue weighted by atomic mass is 10.1. The topological polar surface area (TPSA) is 106 Å². The molecule has 0 spiro atoms. The van der Waals surface area contributed by atoms with Crippen LogP contribution >= 0.6 is 23.4 Å². The summed E-state index contributed by atoms with van der Waals surface area (Å²) in [6.45, 7) is 5.50. The average molecular weight is 399 g/mol. The van der Waals surface area contributed by atoms with Gasteiger partial charge in [0.15, 0.2) is 6.61 Å². The smallest absolute Gasteiger partial charge is 0.321 e. The standard InChI is InChI=1S/C16H19ClN4O4S/c1-16(2,3)19-14(23)18-12(22)9-26-15-21-20-13(25-15)8-24-11-7-5-4-6-10(11)17/h4-7H,8-9H2,1-3H3,(H2,18,19,22,23). The number of carbonyl (C=O) groups excluding carboxylic acids is 2. The Labute approximate surface area is 160 Å². The largest absolute Gasteiger partial charge is 0.482 e. The van der Waals surface area contributed by atoms with Crippen LogP contribution in [0.4, 0.5) is 4.79 Å². The van der Waals surface area contributed by atoms with Crippen molar-refractivity contribution in [3.8, 4) is 5.75 Å². The van der Waals surface area contributed by atoms with Crippen molar-refractivity contribution in [3.05, 3.63) is 35.2 Å². The summed E-state index contributed by atoms with van der Waals surface area (Å²) < 4.78 is 10.9. The summed E-state index contributed by atoms with van der Waals surface area (Å²) in [4.78, 5) is 23.3. The highest BCUT2D eigenvalue weighted by atomic mass is 35.5.